The number of nitrogens with zero attached hydrogens (tertiary/aromatic N) is 1. The average molecular weight is 189 g/mol. The van der Waals surface area contributed by atoms with Crippen LogP contribution in [0.1, 0.15) is 13.8 Å². The van der Waals surface area contributed by atoms with Gasteiger partial charge in [0, 0.05) is 20.6 Å². The second kappa shape index (κ2) is 5.53. The van der Waals surface area contributed by atoms with E-state index in [2.05, 4.69) is 0 Å². The molecule has 0 aliphatic rings. The number of carboxylic acids is 1. The summed E-state index contributed by atoms with van der Waals surface area (Å²) in [5.74, 6) is -1.33. The van der Waals surface area contributed by atoms with Crippen LogP contribution in [0.15, 0.2) is 0 Å². The highest BCUT2D eigenvalue weighted by Crippen LogP contribution is 1.98. The van der Waals surface area contributed by atoms with Crippen LogP contribution in [-0.2, 0) is 14.3 Å². The molecule has 0 radical (unpaired) electrons. The topological polar surface area (TPSA) is 66.8 Å². The van der Waals surface area contributed by atoms with Crippen molar-refractivity contribution in [2.45, 2.75) is 19.9 Å². The van der Waals surface area contributed by atoms with E-state index in [0.717, 1.165) is 4.90 Å². The van der Waals surface area contributed by atoms with Crippen LogP contribution in [-0.4, -0.2) is 48.2 Å². The first-order chi connectivity index (χ1) is 6.00. The van der Waals surface area contributed by atoms with Crippen molar-refractivity contribution in [3.63, 3.8) is 0 Å². The molecule has 0 saturated carbocycles. The van der Waals surface area contributed by atoms with E-state index in [-0.39, 0.29) is 12.5 Å². The Morgan fingerprint density at radius 1 is 1.54 bits per heavy atom. The minimum Gasteiger partial charge on any atom is -0.480 e. The van der Waals surface area contributed by atoms with Gasteiger partial charge < -0.3 is 14.7 Å². The largest absolute Gasteiger partial charge is 0.480 e. The maximum atomic E-state index is 10.9. The summed E-state index contributed by atoms with van der Waals surface area (Å²) in [6.07, 6.45) is 0. The minimum atomic E-state index is -1.05. The fourth-order valence-corrected chi connectivity index (χ4v) is 0.798. The number of rotatable bonds is 5. The van der Waals surface area contributed by atoms with Gasteiger partial charge in [0.2, 0.25) is 5.91 Å². The van der Waals surface area contributed by atoms with Crippen LogP contribution in [0, 0.1) is 0 Å². The van der Waals surface area contributed by atoms with E-state index >= 15 is 0 Å². The van der Waals surface area contributed by atoms with Crippen molar-refractivity contribution >= 4 is 11.9 Å². The molecule has 76 valence electrons. The first kappa shape index (κ1) is 11.9. The second-order valence-electron chi connectivity index (χ2n) is 2.64. The number of carbonyl (C=O) groups excluding carboxylic acids is 1. The van der Waals surface area contributed by atoms with Gasteiger partial charge in [-0.15, -0.1) is 0 Å². The highest BCUT2D eigenvalue weighted by molar-refractivity contribution is 5.82. The first-order valence-corrected chi connectivity index (χ1v) is 4.04. The molecule has 0 aromatic carbocycles. The first-order valence-electron chi connectivity index (χ1n) is 4.04. The summed E-state index contributed by atoms with van der Waals surface area (Å²) in [4.78, 5) is 22.7. The van der Waals surface area contributed by atoms with E-state index in [1.807, 2.05) is 0 Å². The lowest BCUT2D eigenvalue weighted by molar-refractivity contribution is -0.150. The zero-order valence-electron chi connectivity index (χ0n) is 8.11. The molecule has 1 atom stereocenters. The Morgan fingerprint density at radius 3 is 2.38 bits per heavy atom. The molecule has 1 amide bonds. The standard InChI is InChI=1S/C8H15NO4/c1-4-13-5-7(8(11)12)9(3)6(2)10/h7H,4-5H2,1-3H3,(H,11,12). The average Bonchev–Trinajstić information content (AvgIpc) is 2.04. The molecule has 0 aliphatic heterocycles. The van der Waals surface area contributed by atoms with Crippen LogP contribution in [0.2, 0.25) is 0 Å². The van der Waals surface area contributed by atoms with Crippen LogP contribution in [0.25, 0.3) is 0 Å². The maximum absolute atomic E-state index is 10.9. The molecule has 0 aromatic heterocycles. The number of carboxylic acid groups (broad SMARTS) is 1. The van der Waals surface area contributed by atoms with Gasteiger partial charge in [0.15, 0.2) is 6.04 Å². The summed E-state index contributed by atoms with van der Waals surface area (Å²) in [5, 5.41) is 8.75. The Bertz CT molecular complexity index is 193. The number of amides is 1. The fraction of sp³-hybridized carbons (Fsp3) is 0.750. The lowest BCUT2D eigenvalue weighted by atomic mass is 10.3. The Morgan fingerprint density at radius 2 is 2.08 bits per heavy atom. The Balaban J connectivity index is 4.24. The van der Waals surface area contributed by atoms with Gasteiger partial charge >= 0.3 is 5.97 Å². The van der Waals surface area contributed by atoms with Gasteiger partial charge in [-0.3, -0.25) is 4.79 Å². The lowest BCUT2D eigenvalue weighted by Crippen LogP contribution is -2.44. The molecular formula is C8H15NO4. The molecule has 1 N–H and O–H groups in total. The van der Waals surface area contributed by atoms with Gasteiger partial charge in [-0.1, -0.05) is 0 Å². The van der Waals surface area contributed by atoms with Crippen LogP contribution in [0.5, 0.6) is 0 Å². The van der Waals surface area contributed by atoms with Crippen LogP contribution in [0.3, 0.4) is 0 Å². The number of aliphatic carboxylic acids is 1. The lowest BCUT2D eigenvalue weighted by Gasteiger charge is -2.22. The van der Waals surface area contributed by atoms with Gasteiger partial charge in [-0.2, -0.15) is 0 Å². The molecule has 0 fully saturated rings. The van der Waals surface area contributed by atoms with Crippen LogP contribution < -0.4 is 0 Å². The third-order valence-corrected chi connectivity index (χ3v) is 1.73. The molecule has 0 spiro atoms. The fourth-order valence-electron chi connectivity index (χ4n) is 0.798. The van der Waals surface area contributed by atoms with E-state index in [4.69, 9.17) is 9.84 Å². The monoisotopic (exact) mass is 189 g/mol. The molecular weight excluding hydrogens is 174 g/mol. The van der Waals surface area contributed by atoms with Gasteiger partial charge in [-0.05, 0) is 6.92 Å². The van der Waals surface area contributed by atoms with Gasteiger partial charge in [0.05, 0.1) is 6.61 Å². The summed E-state index contributed by atoms with van der Waals surface area (Å²) in [6, 6.07) is -0.891. The van der Waals surface area contributed by atoms with Crippen molar-refractivity contribution in [1.29, 1.82) is 0 Å². The Hall–Kier alpha value is -1.10. The summed E-state index contributed by atoms with van der Waals surface area (Å²) < 4.78 is 4.95. The number of carbonyl (C=O) groups is 2. The van der Waals surface area contributed by atoms with E-state index in [9.17, 15) is 9.59 Å². The number of ether oxygens (including phenoxy) is 1. The summed E-state index contributed by atoms with van der Waals surface area (Å²) in [6.45, 7) is 3.56. The van der Waals surface area contributed by atoms with Crippen LogP contribution in [0.4, 0.5) is 0 Å². The normalized spacial score (nSPS) is 12.2. The van der Waals surface area contributed by atoms with E-state index in [1.165, 1.54) is 14.0 Å². The molecule has 0 bridgehead atoms. The number of hydrogen-bond donors (Lipinski definition) is 1. The van der Waals surface area contributed by atoms with E-state index in [0.29, 0.717) is 6.61 Å². The van der Waals surface area contributed by atoms with Crippen molar-refractivity contribution < 1.29 is 19.4 Å². The quantitative estimate of drug-likeness (QED) is 0.658. The molecule has 0 saturated heterocycles. The molecule has 0 aliphatic carbocycles. The van der Waals surface area contributed by atoms with E-state index < -0.39 is 12.0 Å². The zero-order chi connectivity index (χ0) is 10.4. The highest BCUT2D eigenvalue weighted by atomic mass is 16.5. The number of likely N-dealkylation sites (N-methyl/N-ethyl adjacent to an activating group) is 1. The predicted molar refractivity (Wildman–Crippen MR) is 46.4 cm³/mol. The molecule has 0 rings (SSSR count). The summed E-state index contributed by atoms with van der Waals surface area (Å²) in [5.41, 5.74) is 0. The minimum absolute atomic E-state index is 0.0297. The summed E-state index contributed by atoms with van der Waals surface area (Å²) >= 11 is 0. The van der Waals surface area contributed by atoms with E-state index in [1.54, 1.807) is 6.92 Å². The smallest absolute Gasteiger partial charge is 0.328 e. The molecule has 1 unspecified atom stereocenters. The van der Waals surface area contributed by atoms with Crippen LogP contribution >= 0.6 is 0 Å². The van der Waals surface area contributed by atoms with Crippen molar-refractivity contribution in [1.82, 2.24) is 4.90 Å². The van der Waals surface area contributed by atoms with Gasteiger partial charge in [0.1, 0.15) is 0 Å². The van der Waals surface area contributed by atoms with Crippen molar-refractivity contribution in [3.05, 3.63) is 0 Å². The van der Waals surface area contributed by atoms with Crippen molar-refractivity contribution in [3.8, 4) is 0 Å². The Kier molecular flexibility index (Phi) is 5.06. The van der Waals surface area contributed by atoms with Crippen molar-refractivity contribution in [2.24, 2.45) is 0 Å². The highest BCUT2D eigenvalue weighted by Gasteiger charge is 2.24. The third-order valence-electron chi connectivity index (χ3n) is 1.73. The van der Waals surface area contributed by atoms with Gasteiger partial charge in [0.25, 0.3) is 0 Å². The van der Waals surface area contributed by atoms with Gasteiger partial charge in [-0.25, -0.2) is 4.79 Å². The third kappa shape index (κ3) is 3.89. The molecule has 0 aromatic rings. The predicted octanol–water partition coefficient (Wildman–Crippen LogP) is -0.0456. The molecule has 5 heteroatoms. The molecule has 13 heavy (non-hydrogen) atoms. The SMILES string of the molecule is CCOCC(C(=O)O)N(C)C(C)=O. The zero-order valence-corrected chi connectivity index (χ0v) is 8.11. The summed E-state index contributed by atoms with van der Waals surface area (Å²) in [7, 11) is 1.44. The Labute approximate surface area is 77.3 Å². The molecule has 5 nitrogen and oxygen atoms in total. The number of hydrogen-bond acceptors (Lipinski definition) is 3. The van der Waals surface area contributed by atoms with Crippen molar-refractivity contribution in [2.75, 3.05) is 20.3 Å². The maximum Gasteiger partial charge on any atom is 0.328 e. The molecule has 0 heterocycles. The second-order valence-corrected chi connectivity index (χ2v) is 2.64.